The third kappa shape index (κ3) is 2.43. The van der Waals surface area contributed by atoms with Crippen molar-refractivity contribution < 1.29 is 4.39 Å². The van der Waals surface area contributed by atoms with Crippen molar-refractivity contribution in [3.05, 3.63) is 35.1 Å². The number of rotatable bonds is 3. The molecule has 2 atom stereocenters. The van der Waals surface area contributed by atoms with Crippen molar-refractivity contribution in [1.82, 2.24) is 5.32 Å². The van der Waals surface area contributed by atoms with Gasteiger partial charge in [-0.2, -0.15) is 0 Å². The Balaban J connectivity index is 2.21. The van der Waals surface area contributed by atoms with Gasteiger partial charge in [0.05, 0.1) is 0 Å². The van der Waals surface area contributed by atoms with Gasteiger partial charge in [0, 0.05) is 0 Å². The zero-order chi connectivity index (χ0) is 11.5. The monoisotopic (exact) mass is 221 g/mol. The first-order valence-electron chi connectivity index (χ1n) is 6.12. The van der Waals surface area contributed by atoms with Crippen LogP contribution in [0.5, 0.6) is 0 Å². The molecule has 2 rings (SSSR count). The summed E-state index contributed by atoms with van der Waals surface area (Å²) in [5.41, 5.74) is 2.22. The van der Waals surface area contributed by atoms with Crippen molar-refractivity contribution in [2.24, 2.45) is 5.92 Å². The van der Waals surface area contributed by atoms with E-state index in [1.54, 1.807) is 12.1 Å². The fourth-order valence-electron chi connectivity index (χ4n) is 2.96. The minimum Gasteiger partial charge on any atom is -0.319 e. The SMILES string of the molecule is CNCC1CCCC1c1cc(C)cc(F)c1. The van der Waals surface area contributed by atoms with E-state index in [0.717, 1.165) is 12.1 Å². The van der Waals surface area contributed by atoms with Gasteiger partial charge in [-0.3, -0.25) is 0 Å². The minimum absolute atomic E-state index is 0.0925. The number of hydrogen-bond acceptors (Lipinski definition) is 1. The Morgan fingerprint density at radius 2 is 2.12 bits per heavy atom. The van der Waals surface area contributed by atoms with Gasteiger partial charge in [-0.15, -0.1) is 0 Å². The average Bonchev–Trinajstić information content (AvgIpc) is 2.65. The first kappa shape index (κ1) is 11.6. The van der Waals surface area contributed by atoms with E-state index in [2.05, 4.69) is 11.4 Å². The Labute approximate surface area is 97.1 Å². The van der Waals surface area contributed by atoms with Crippen molar-refractivity contribution in [3.8, 4) is 0 Å². The Bertz CT molecular complexity index is 342. The molecule has 1 aliphatic carbocycles. The fraction of sp³-hybridized carbons (Fsp3) is 0.571. The normalized spacial score (nSPS) is 24.9. The summed E-state index contributed by atoms with van der Waals surface area (Å²) in [7, 11) is 1.99. The zero-order valence-electron chi connectivity index (χ0n) is 10.1. The second kappa shape index (κ2) is 4.96. The summed E-state index contributed by atoms with van der Waals surface area (Å²) in [5, 5.41) is 3.24. The predicted octanol–water partition coefficient (Wildman–Crippen LogP) is 3.24. The Hall–Kier alpha value is -0.890. The molecule has 1 fully saturated rings. The van der Waals surface area contributed by atoms with Gasteiger partial charge in [-0.1, -0.05) is 12.5 Å². The van der Waals surface area contributed by atoms with Crippen molar-refractivity contribution in [2.75, 3.05) is 13.6 Å². The maximum Gasteiger partial charge on any atom is 0.123 e. The highest BCUT2D eigenvalue weighted by Crippen LogP contribution is 2.39. The molecule has 16 heavy (non-hydrogen) atoms. The molecule has 0 heterocycles. The summed E-state index contributed by atoms with van der Waals surface area (Å²) in [6.07, 6.45) is 3.74. The molecule has 1 aromatic carbocycles. The lowest BCUT2D eigenvalue weighted by atomic mass is 9.88. The second-order valence-corrected chi connectivity index (χ2v) is 4.92. The lowest BCUT2D eigenvalue weighted by molar-refractivity contribution is 0.460. The van der Waals surface area contributed by atoms with E-state index in [1.807, 2.05) is 14.0 Å². The summed E-state index contributed by atoms with van der Waals surface area (Å²) < 4.78 is 13.4. The lowest BCUT2D eigenvalue weighted by Gasteiger charge is -2.20. The van der Waals surface area contributed by atoms with Crippen LogP contribution in [0.4, 0.5) is 4.39 Å². The molecule has 0 amide bonds. The molecule has 1 nitrogen and oxygen atoms in total. The van der Waals surface area contributed by atoms with Crippen molar-refractivity contribution in [1.29, 1.82) is 0 Å². The Kier molecular flexibility index (Phi) is 3.59. The Morgan fingerprint density at radius 3 is 2.81 bits per heavy atom. The summed E-state index contributed by atoms with van der Waals surface area (Å²) in [5.74, 6) is 1.12. The van der Waals surface area contributed by atoms with Gasteiger partial charge >= 0.3 is 0 Å². The zero-order valence-corrected chi connectivity index (χ0v) is 10.1. The molecular formula is C14H20FN. The van der Waals surface area contributed by atoms with Gasteiger partial charge in [0.15, 0.2) is 0 Å². The molecule has 1 aliphatic rings. The van der Waals surface area contributed by atoms with Crippen LogP contribution < -0.4 is 5.32 Å². The van der Waals surface area contributed by atoms with Crippen LogP contribution in [-0.4, -0.2) is 13.6 Å². The average molecular weight is 221 g/mol. The second-order valence-electron chi connectivity index (χ2n) is 4.92. The van der Waals surface area contributed by atoms with E-state index >= 15 is 0 Å². The van der Waals surface area contributed by atoms with Crippen LogP contribution in [0.1, 0.15) is 36.3 Å². The van der Waals surface area contributed by atoms with Crippen molar-refractivity contribution in [2.45, 2.75) is 32.1 Å². The van der Waals surface area contributed by atoms with Gasteiger partial charge in [-0.25, -0.2) is 4.39 Å². The van der Waals surface area contributed by atoms with E-state index in [4.69, 9.17) is 0 Å². The molecule has 0 aromatic heterocycles. The molecule has 0 spiro atoms. The molecule has 1 aromatic rings. The van der Waals surface area contributed by atoms with Crippen LogP contribution in [0.15, 0.2) is 18.2 Å². The fourth-order valence-corrected chi connectivity index (χ4v) is 2.96. The molecule has 88 valence electrons. The standard InChI is InChI=1S/C14H20FN/c1-10-6-12(8-13(15)7-10)14-5-3-4-11(14)9-16-2/h6-8,11,14,16H,3-5,9H2,1-2H3. The molecule has 0 radical (unpaired) electrons. The third-order valence-corrected chi connectivity index (χ3v) is 3.62. The first-order chi connectivity index (χ1) is 7.70. The van der Waals surface area contributed by atoms with E-state index in [1.165, 1.54) is 24.8 Å². The van der Waals surface area contributed by atoms with Crippen LogP contribution in [-0.2, 0) is 0 Å². The highest BCUT2D eigenvalue weighted by molar-refractivity contribution is 5.28. The molecule has 1 N–H and O–H groups in total. The maximum atomic E-state index is 13.4. The highest BCUT2D eigenvalue weighted by Gasteiger charge is 2.28. The molecular weight excluding hydrogens is 201 g/mol. The molecule has 2 unspecified atom stereocenters. The molecule has 2 heteroatoms. The number of hydrogen-bond donors (Lipinski definition) is 1. The van der Waals surface area contributed by atoms with Crippen LogP contribution in [0.25, 0.3) is 0 Å². The largest absolute Gasteiger partial charge is 0.319 e. The summed E-state index contributed by atoms with van der Waals surface area (Å²) in [6, 6.07) is 5.46. The molecule has 1 saturated carbocycles. The number of nitrogens with one attached hydrogen (secondary N) is 1. The van der Waals surface area contributed by atoms with Crippen LogP contribution in [0.2, 0.25) is 0 Å². The van der Waals surface area contributed by atoms with Crippen LogP contribution in [0, 0.1) is 18.7 Å². The predicted molar refractivity (Wildman–Crippen MR) is 65.1 cm³/mol. The van der Waals surface area contributed by atoms with Gasteiger partial charge in [-0.05, 0) is 68.5 Å². The topological polar surface area (TPSA) is 12.0 Å². The third-order valence-electron chi connectivity index (χ3n) is 3.62. The van der Waals surface area contributed by atoms with Gasteiger partial charge in [0.1, 0.15) is 5.82 Å². The summed E-state index contributed by atoms with van der Waals surface area (Å²) >= 11 is 0. The molecule has 0 aliphatic heterocycles. The quantitative estimate of drug-likeness (QED) is 0.826. The molecule has 0 bridgehead atoms. The smallest absolute Gasteiger partial charge is 0.123 e. The number of aryl methyl sites for hydroxylation is 1. The van der Waals surface area contributed by atoms with E-state index in [-0.39, 0.29) is 5.82 Å². The number of halogens is 1. The van der Waals surface area contributed by atoms with Crippen molar-refractivity contribution in [3.63, 3.8) is 0 Å². The summed E-state index contributed by atoms with van der Waals surface area (Å²) in [4.78, 5) is 0. The van der Waals surface area contributed by atoms with E-state index in [9.17, 15) is 4.39 Å². The van der Waals surface area contributed by atoms with Crippen LogP contribution in [0.3, 0.4) is 0 Å². The minimum atomic E-state index is -0.0925. The van der Waals surface area contributed by atoms with Crippen LogP contribution >= 0.6 is 0 Å². The highest BCUT2D eigenvalue weighted by atomic mass is 19.1. The van der Waals surface area contributed by atoms with E-state index < -0.39 is 0 Å². The summed E-state index contributed by atoms with van der Waals surface area (Å²) in [6.45, 7) is 3.01. The first-order valence-corrected chi connectivity index (χ1v) is 6.12. The van der Waals surface area contributed by atoms with Gasteiger partial charge in [0.2, 0.25) is 0 Å². The maximum absolute atomic E-state index is 13.4. The van der Waals surface area contributed by atoms with Gasteiger partial charge < -0.3 is 5.32 Å². The van der Waals surface area contributed by atoms with E-state index in [0.29, 0.717) is 11.8 Å². The lowest BCUT2D eigenvalue weighted by Crippen LogP contribution is -2.21. The molecule has 0 saturated heterocycles. The van der Waals surface area contributed by atoms with Gasteiger partial charge in [0.25, 0.3) is 0 Å². The van der Waals surface area contributed by atoms with Crippen molar-refractivity contribution >= 4 is 0 Å². The Morgan fingerprint density at radius 1 is 1.31 bits per heavy atom. The number of benzene rings is 1.